The van der Waals surface area contributed by atoms with Crippen molar-refractivity contribution < 1.29 is 0 Å². The highest BCUT2D eigenvalue weighted by Gasteiger charge is 2.14. The standard InChI is InChI=1S/C11H18N4S/c1-9-13-10(12-4-7-16)8-11(14-9)15-5-2-3-6-15/h8,16H,2-7H2,1H3,(H,12,13,14). The van der Waals surface area contributed by atoms with Gasteiger partial charge in [0.2, 0.25) is 0 Å². The highest BCUT2D eigenvalue weighted by atomic mass is 32.1. The molecule has 0 unspecified atom stereocenters. The van der Waals surface area contributed by atoms with Crippen molar-refractivity contribution in [1.29, 1.82) is 0 Å². The molecule has 0 atom stereocenters. The molecular weight excluding hydrogens is 220 g/mol. The largest absolute Gasteiger partial charge is 0.369 e. The molecule has 0 amide bonds. The van der Waals surface area contributed by atoms with Crippen LogP contribution in [-0.4, -0.2) is 35.4 Å². The first kappa shape index (κ1) is 11.5. The van der Waals surface area contributed by atoms with Gasteiger partial charge in [-0.25, -0.2) is 9.97 Å². The summed E-state index contributed by atoms with van der Waals surface area (Å²) in [4.78, 5) is 11.2. The summed E-state index contributed by atoms with van der Waals surface area (Å²) >= 11 is 4.17. The molecule has 5 heteroatoms. The van der Waals surface area contributed by atoms with Crippen molar-refractivity contribution in [3.63, 3.8) is 0 Å². The third-order valence-corrected chi connectivity index (χ3v) is 2.90. The molecule has 0 aliphatic carbocycles. The van der Waals surface area contributed by atoms with Gasteiger partial charge in [0.05, 0.1) is 0 Å². The van der Waals surface area contributed by atoms with Crippen LogP contribution >= 0.6 is 12.6 Å². The van der Waals surface area contributed by atoms with Gasteiger partial charge in [0.1, 0.15) is 17.5 Å². The Kier molecular flexibility index (Phi) is 3.88. The van der Waals surface area contributed by atoms with E-state index in [4.69, 9.17) is 0 Å². The molecule has 0 saturated carbocycles. The number of hydrogen-bond donors (Lipinski definition) is 2. The van der Waals surface area contributed by atoms with E-state index in [1.165, 1.54) is 12.8 Å². The summed E-state index contributed by atoms with van der Waals surface area (Å²) in [5.41, 5.74) is 0. The second-order valence-electron chi connectivity index (χ2n) is 4.00. The molecule has 1 aliphatic heterocycles. The summed E-state index contributed by atoms with van der Waals surface area (Å²) in [5.74, 6) is 3.59. The van der Waals surface area contributed by atoms with Crippen LogP contribution in [0.2, 0.25) is 0 Å². The fraction of sp³-hybridized carbons (Fsp3) is 0.636. The molecular formula is C11H18N4S. The lowest BCUT2D eigenvalue weighted by Crippen LogP contribution is -2.20. The number of thiol groups is 1. The Labute approximate surface area is 102 Å². The average Bonchev–Trinajstić information content (AvgIpc) is 2.79. The van der Waals surface area contributed by atoms with E-state index in [1.807, 2.05) is 13.0 Å². The number of anilines is 2. The van der Waals surface area contributed by atoms with Gasteiger partial charge in [0, 0.05) is 31.5 Å². The second-order valence-corrected chi connectivity index (χ2v) is 4.45. The van der Waals surface area contributed by atoms with E-state index in [1.54, 1.807) is 0 Å². The minimum absolute atomic E-state index is 0.808. The van der Waals surface area contributed by atoms with Gasteiger partial charge in [-0.05, 0) is 19.8 Å². The van der Waals surface area contributed by atoms with Crippen LogP contribution in [-0.2, 0) is 0 Å². The fourth-order valence-electron chi connectivity index (χ4n) is 1.93. The van der Waals surface area contributed by atoms with Gasteiger partial charge in [-0.3, -0.25) is 0 Å². The number of hydrogen-bond acceptors (Lipinski definition) is 5. The van der Waals surface area contributed by atoms with Crippen LogP contribution < -0.4 is 10.2 Å². The quantitative estimate of drug-likeness (QED) is 0.784. The van der Waals surface area contributed by atoms with Crippen LogP contribution in [0.15, 0.2) is 6.07 Å². The molecule has 88 valence electrons. The Bertz CT molecular complexity index is 350. The van der Waals surface area contributed by atoms with E-state index in [-0.39, 0.29) is 0 Å². The Morgan fingerprint density at radius 1 is 1.38 bits per heavy atom. The highest BCUT2D eigenvalue weighted by molar-refractivity contribution is 7.80. The second kappa shape index (κ2) is 5.39. The SMILES string of the molecule is Cc1nc(NCCS)cc(N2CCCC2)n1. The van der Waals surface area contributed by atoms with Crippen molar-refractivity contribution in [2.75, 3.05) is 35.6 Å². The first-order valence-corrected chi connectivity index (χ1v) is 6.38. The molecule has 4 nitrogen and oxygen atoms in total. The van der Waals surface area contributed by atoms with Crippen LogP contribution in [0, 0.1) is 6.92 Å². The zero-order valence-electron chi connectivity index (χ0n) is 9.61. The lowest BCUT2D eigenvalue weighted by Gasteiger charge is -2.17. The van der Waals surface area contributed by atoms with Crippen LogP contribution in [0.3, 0.4) is 0 Å². The summed E-state index contributed by atoms with van der Waals surface area (Å²) in [5, 5.41) is 3.24. The molecule has 2 rings (SSSR count). The Morgan fingerprint density at radius 2 is 2.12 bits per heavy atom. The topological polar surface area (TPSA) is 41.1 Å². The van der Waals surface area contributed by atoms with E-state index in [2.05, 4.69) is 32.8 Å². The third kappa shape index (κ3) is 2.78. The summed E-state index contributed by atoms with van der Waals surface area (Å²) in [6.07, 6.45) is 2.53. The maximum atomic E-state index is 4.48. The van der Waals surface area contributed by atoms with Crippen LogP contribution in [0.1, 0.15) is 18.7 Å². The Balaban J connectivity index is 2.14. The van der Waals surface area contributed by atoms with Crippen molar-refractivity contribution in [3.8, 4) is 0 Å². The first-order chi connectivity index (χ1) is 7.79. The molecule has 0 radical (unpaired) electrons. The maximum Gasteiger partial charge on any atom is 0.134 e. The zero-order valence-corrected chi connectivity index (χ0v) is 10.5. The molecule has 1 N–H and O–H groups in total. The predicted octanol–water partition coefficient (Wildman–Crippen LogP) is 1.73. The molecule has 0 spiro atoms. The molecule has 0 bridgehead atoms. The molecule has 1 fully saturated rings. The smallest absolute Gasteiger partial charge is 0.134 e. The molecule has 2 heterocycles. The third-order valence-electron chi connectivity index (χ3n) is 2.67. The van der Waals surface area contributed by atoms with Crippen molar-refractivity contribution in [2.24, 2.45) is 0 Å². The van der Waals surface area contributed by atoms with Crippen LogP contribution in [0.5, 0.6) is 0 Å². The van der Waals surface area contributed by atoms with Gasteiger partial charge in [0.15, 0.2) is 0 Å². The highest BCUT2D eigenvalue weighted by Crippen LogP contribution is 2.20. The van der Waals surface area contributed by atoms with Crippen molar-refractivity contribution >= 4 is 24.3 Å². The molecule has 1 saturated heterocycles. The van der Waals surface area contributed by atoms with E-state index in [0.717, 1.165) is 42.8 Å². The normalized spacial score (nSPS) is 15.5. The number of nitrogens with zero attached hydrogens (tertiary/aromatic N) is 3. The minimum Gasteiger partial charge on any atom is -0.369 e. The lowest BCUT2D eigenvalue weighted by atomic mass is 10.4. The number of aromatic nitrogens is 2. The van der Waals surface area contributed by atoms with Crippen molar-refractivity contribution in [1.82, 2.24) is 9.97 Å². The Morgan fingerprint density at radius 3 is 2.81 bits per heavy atom. The molecule has 1 aromatic rings. The zero-order chi connectivity index (χ0) is 11.4. The average molecular weight is 238 g/mol. The Hall–Kier alpha value is -0.970. The van der Waals surface area contributed by atoms with E-state index < -0.39 is 0 Å². The van der Waals surface area contributed by atoms with Crippen molar-refractivity contribution in [3.05, 3.63) is 11.9 Å². The number of aryl methyl sites for hydroxylation is 1. The molecule has 16 heavy (non-hydrogen) atoms. The summed E-state index contributed by atoms with van der Waals surface area (Å²) in [7, 11) is 0. The van der Waals surface area contributed by atoms with Gasteiger partial charge in [-0.1, -0.05) is 0 Å². The lowest BCUT2D eigenvalue weighted by molar-refractivity contribution is 0.909. The van der Waals surface area contributed by atoms with Gasteiger partial charge in [0.25, 0.3) is 0 Å². The van der Waals surface area contributed by atoms with Crippen LogP contribution in [0.4, 0.5) is 11.6 Å². The molecule has 1 aliphatic rings. The number of rotatable bonds is 4. The van der Waals surface area contributed by atoms with Crippen molar-refractivity contribution in [2.45, 2.75) is 19.8 Å². The van der Waals surface area contributed by atoms with Gasteiger partial charge in [-0.2, -0.15) is 12.6 Å². The molecule has 1 aromatic heterocycles. The van der Waals surface area contributed by atoms with E-state index >= 15 is 0 Å². The van der Waals surface area contributed by atoms with Gasteiger partial charge >= 0.3 is 0 Å². The first-order valence-electron chi connectivity index (χ1n) is 5.75. The van der Waals surface area contributed by atoms with Crippen LogP contribution in [0.25, 0.3) is 0 Å². The monoisotopic (exact) mass is 238 g/mol. The van der Waals surface area contributed by atoms with E-state index in [0.29, 0.717) is 0 Å². The minimum atomic E-state index is 0.808. The summed E-state index contributed by atoms with van der Waals surface area (Å²) in [6, 6.07) is 2.03. The summed E-state index contributed by atoms with van der Waals surface area (Å²) < 4.78 is 0. The predicted molar refractivity (Wildman–Crippen MR) is 70.6 cm³/mol. The van der Waals surface area contributed by atoms with E-state index in [9.17, 15) is 0 Å². The number of nitrogens with one attached hydrogen (secondary N) is 1. The molecule has 0 aromatic carbocycles. The summed E-state index contributed by atoms with van der Waals surface area (Å²) in [6.45, 7) is 5.00. The maximum absolute atomic E-state index is 4.48. The van der Waals surface area contributed by atoms with Gasteiger partial charge in [-0.15, -0.1) is 0 Å². The fourth-order valence-corrected chi connectivity index (χ4v) is 2.05. The van der Waals surface area contributed by atoms with Gasteiger partial charge < -0.3 is 10.2 Å².